The first-order chi connectivity index (χ1) is 8.58. The second-order valence-corrected chi connectivity index (χ2v) is 5.51. The van der Waals surface area contributed by atoms with Gasteiger partial charge in [0.05, 0.1) is 0 Å². The summed E-state index contributed by atoms with van der Waals surface area (Å²) in [6.07, 6.45) is 3.72. The van der Waals surface area contributed by atoms with Crippen LogP contribution in [0.4, 0.5) is 4.39 Å². The summed E-state index contributed by atoms with van der Waals surface area (Å²) >= 11 is 6.02. The molecule has 1 aromatic rings. The molecular weight excluding hydrogens is 251 g/mol. The Labute approximate surface area is 113 Å². The number of hydrogen-bond donors (Lipinski definition) is 1. The van der Waals surface area contributed by atoms with E-state index in [0.29, 0.717) is 23.7 Å². The van der Waals surface area contributed by atoms with Gasteiger partial charge in [-0.3, -0.25) is 5.43 Å². The summed E-state index contributed by atoms with van der Waals surface area (Å²) in [6, 6.07) is 5.62. The number of benzene rings is 1. The summed E-state index contributed by atoms with van der Waals surface area (Å²) in [4.78, 5) is 0. The molecule has 4 heteroatoms. The maximum absolute atomic E-state index is 13.0. The van der Waals surface area contributed by atoms with Crippen molar-refractivity contribution in [1.82, 2.24) is 10.4 Å². The maximum atomic E-state index is 13.0. The number of nitrogens with zero attached hydrogens (tertiary/aromatic N) is 1. The second-order valence-electron chi connectivity index (χ2n) is 5.11. The average Bonchev–Trinajstić information content (AvgIpc) is 2.31. The van der Waals surface area contributed by atoms with E-state index in [1.807, 2.05) is 0 Å². The maximum Gasteiger partial charge on any atom is 0.124 e. The van der Waals surface area contributed by atoms with Gasteiger partial charge in [0, 0.05) is 23.7 Å². The molecule has 1 aliphatic rings. The molecule has 2 nitrogen and oxygen atoms in total. The minimum atomic E-state index is -0.288. The van der Waals surface area contributed by atoms with E-state index < -0.39 is 0 Å². The van der Waals surface area contributed by atoms with Gasteiger partial charge >= 0.3 is 0 Å². The molecule has 0 radical (unpaired) electrons. The van der Waals surface area contributed by atoms with Crippen molar-refractivity contribution >= 4 is 11.6 Å². The molecule has 1 aliphatic heterocycles. The van der Waals surface area contributed by atoms with Crippen LogP contribution in [0.1, 0.15) is 38.7 Å². The van der Waals surface area contributed by atoms with Gasteiger partial charge in [0.2, 0.25) is 0 Å². The molecular formula is C14H20ClFN2. The summed E-state index contributed by atoms with van der Waals surface area (Å²) in [7, 11) is 0. The summed E-state index contributed by atoms with van der Waals surface area (Å²) in [5.41, 5.74) is 4.36. The van der Waals surface area contributed by atoms with Gasteiger partial charge in [0.25, 0.3) is 0 Å². The number of piperidine rings is 1. The lowest BCUT2D eigenvalue weighted by Crippen LogP contribution is -2.51. The standard InChI is InChI=1S/C14H20ClFN2/c1-10-4-3-5-11(2)18(10)17-9-12-6-7-13(16)8-14(12)15/h6-8,10-11,17H,3-5,9H2,1-2H3. The Morgan fingerprint density at radius 3 is 2.61 bits per heavy atom. The topological polar surface area (TPSA) is 15.3 Å². The van der Waals surface area contributed by atoms with Crippen molar-refractivity contribution in [2.45, 2.75) is 51.7 Å². The van der Waals surface area contributed by atoms with E-state index in [1.54, 1.807) is 6.07 Å². The summed E-state index contributed by atoms with van der Waals surface area (Å²) in [5, 5.41) is 2.78. The van der Waals surface area contributed by atoms with Crippen LogP contribution >= 0.6 is 11.6 Å². The molecule has 0 saturated carbocycles. The van der Waals surface area contributed by atoms with Crippen molar-refractivity contribution in [2.24, 2.45) is 0 Å². The van der Waals surface area contributed by atoms with Gasteiger partial charge in [-0.05, 0) is 44.4 Å². The van der Waals surface area contributed by atoms with E-state index in [4.69, 9.17) is 11.6 Å². The molecule has 1 saturated heterocycles. The predicted molar refractivity (Wildman–Crippen MR) is 72.9 cm³/mol. The number of halogens is 2. The van der Waals surface area contributed by atoms with Gasteiger partial charge in [-0.2, -0.15) is 0 Å². The third kappa shape index (κ3) is 3.22. The average molecular weight is 271 g/mol. The zero-order valence-electron chi connectivity index (χ0n) is 10.9. The van der Waals surface area contributed by atoms with Crippen LogP contribution in [0, 0.1) is 5.82 Å². The van der Waals surface area contributed by atoms with Crippen LogP contribution < -0.4 is 5.43 Å². The Morgan fingerprint density at radius 1 is 1.33 bits per heavy atom. The monoisotopic (exact) mass is 270 g/mol. The van der Waals surface area contributed by atoms with Crippen LogP contribution in [0.5, 0.6) is 0 Å². The molecule has 0 spiro atoms. The molecule has 100 valence electrons. The van der Waals surface area contributed by atoms with Crippen molar-refractivity contribution < 1.29 is 4.39 Å². The van der Waals surface area contributed by atoms with Crippen molar-refractivity contribution in [1.29, 1.82) is 0 Å². The van der Waals surface area contributed by atoms with E-state index in [2.05, 4.69) is 24.3 Å². The fourth-order valence-electron chi connectivity index (χ4n) is 2.57. The van der Waals surface area contributed by atoms with Gasteiger partial charge < -0.3 is 0 Å². The number of rotatable bonds is 3. The zero-order chi connectivity index (χ0) is 13.1. The fourth-order valence-corrected chi connectivity index (χ4v) is 2.81. The highest BCUT2D eigenvalue weighted by Crippen LogP contribution is 2.22. The first kappa shape index (κ1) is 13.8. The molecule has 2 rings (SSSR count). The van der Waals surface area contributed by atoms with Gasteiger partial charge in [-0.15, -0.1) is 0 Å². The Kier molecular flexibility index (Phi) is 4.60. The molecule has 1 N–H and O–H groups in total. The van der Waals surface area contributed by atoms with Crippen molar-refractivity contribution in [2.75, 3.05) is 0 Å². The largest absolute Gasteiger partial charge is 0.250 e. The SMILES string of the molecule is CC1CCCC(C)N1NCc1ccc(F)cc1Cl. The quantitative estimate of drug-likeness (QED) is 0.900. The third-order valence-corrected chi connectivity index (χ3v) is 4.01. The predicted octanol–water partition coefficient (Wildman–Crippen LogP) is 3.75. The van der Waals surface area contributed by atoms with Crippen LogP contribution in [0.2, 0.25) is 5.02 Å². The molecule has 0 aromatic heterocycles. The summed E-state index contributed by atoms with van der Waals surface area (Å²) in [6.45, 7) is 5.11. The van der Waals surface area contributed by atoms with Crippen molar-refractivity contribution in [3.05, 3.63) is 34.6 Å². The van der Waals surface area contributed by atoms with Crippen LogP contribution in [0.15, 0.2) is 18.2 Å². The molecule has 0 aliphatic carbocycles. The first-order valence-corrected chi connectivity index (χ1v) is 6.91. The minimum absolute atomic E-state index is 0.288. The lowest BCUT2D eigenvalue weighted by atomic mass is 10.00. The Hall–Kier alpha value is -0.640. The Bertz CT molecular complexity index is 401. The minimum Gasteiger partial charge on any atom is -0.250 e. The smallest absolute Gasteiger partial charge is 0.124 e. The Morgan fingerprint density at radius 2 is 2.00 bits per heavy atom. The number of hydrazine groups is 1. The van der Waals surface area contributed by atoms with Gasteiger partial charge in [0.1, 0.15) is 5.82 Å². The normalized spacial score (nSPS) is 25.3. The molecule has 1 aromatic carbocycles. The second kappa shape index (κ2) is 6.00. The lowest BCUT2D eigenvalue weighted by molar-refractivity contribution is 0.0435. The number of nitrogens with one attached hydrogen (secondary N) is 1. The zero-order valence-corrected chi connectivity index (χ0v) is 11.7. The summed E-state index contributed by atoms with van der Waals surface area (Å²) < 4.78 is 13.0. The summed E-state index contributed by atoms with van der Waals surface area (Å²) in [5.74, 6) is -0.288. The van der Waals surface area contributed by atoms with Crippen LogP contribution in [-0.2, 0) is 6.54 Å². The van der Waals surface area contributed by atoms with E-state index >= 15 is 0 Å². The first-order valence-electron chi connectivity index (χ1n) is 6.53. The van der Waals surface area contributed by atoms with Crippen LogP contribution in [0.3, 0.4) is 0 Å². The van der Waals surface area contributed by atoms with Gasteiger partial charge in [-0.1, -0.05) is 24.1 Å². The fraction of sp³-hybridized carbons (Fsp3) is 0.571. The molecule has 2 unspecified atom stereocenters. The van der Waals surface area contributed by atoms with Crippen molar-refractivity contribution in [3.63, 3.8) is 0 Å². The van der Waals surface area contributed by atoms with E-state index in [0.717, 1.165) is 5.56 Å². The van der Waals surface area contributed by atoms with Crippen LogP contribution in [0.25, 0.3) is 0 Å². The molecule has 0 amide bonds. The van der Waals surface area contributed by atoms with Crippen LogP contribution in [-0.4, -0.2) is 17.1 Å². The highest BCUT2D eigenvalue weighted by molar-refractivity contribution is 6.31. The molecule has 1 heterocycles. The molecule has 2 atom stereocenters. The molecule has 0 bridgehead atoms. The van der Waals surface area contributed by atoms with E-state index in [1.165, 1.54) is 31.4 Å². The lowest BCUT2D eigenvalue weighted by Gasteiger charge is -2.39. The third-order valence-electron chi connectivity index (χ3n) is 3.66. The Balaban J connectivity index is 1.97. The number of hydrogen-bond acceptors (Lipinski definition) is 2. The van der Waals surface area contributed by atoms with Gasteiger partial charge in [0.15, 0.2) is 0 Å². The molecule has 1 fully saturated rings. The molecule has 18 heavy (non-hydrogen) atoms. The van der Waals surface area contributed by atoms with Gasteiger partial charge in [-0.25, -0.2) is 9.40 Å². The van der Waals surface area contributed by atoms with E-state index in [9.17, 15) is 4.39 Å². The van der Waals surface area contributed by atoms with E-state index in [-0.39, 0.29) is 5.82 Å². The van der Waals surface area contributed by atoms with Crippen molar-refractivity contribution in [3.8, 4) is 0 Å². The highest BCUT2D eigenvalue weighted by Gasteiger charge is 2.24. The highest BCUT2D eigenvalue weighted by atomic mass is 35.5.